The van der Waals surface area contributed by atoms with Crippen molar-refractivity contribution in [3.05, 3.63) is 64.4 Å². The van der Waals surface area contributed by atoms with E-state index < -0.39 is 0 Å². The lowest BCUT2D eigenvalue weighted by Crippen LogP contribution is -2.38. The van der Waals surface area contributed by atoms with Crippen LogP contribution in [0.5, 0.6) is 0 Å². The number of nitrogens with one attached hydrogen (secondary N) is 2. The summed E-state index contributed by atoms with van der Waals surface area (Å²) in [5.41, 5.74) is 3.47. The largest absolute Gasteiger partial charge is 0.356 e. The monoisotopic (exact) mass is 510 g/mol. The summed E-state index contributed by atoms with van der Waals surface area (Å²) in [4.78, 5) is 8.78. The molecule has 3 rings (SSSR count). The second-order valence-corrected chi connectivity index (χ2v) is 7.22. The summed E-state index contributed by atoms with van der Waals surface area (Å²) in [6.45, 7) is 3.76. The standard InChI is InChI=1S/C20H26N6S.HI/c1-16-15-27-19(25-16)5-3-11-22-20(21-2)23-13-10-17-6-8-18(9-7-17)26-14-4-12-24-26;/h4,6-9,12,14-15H,3,5,10-11,13H2,1-2H3,(H2,21,22,23);1H. The lowest BCUT2D eigenvalue weighted by atomic mass is 10.1. The second kappa shape index (κ2) is 11.8. The molecule has 0 radical (unpaired) electrons. The van der Waals surface area contributed by atoms with Gasteiger partial charge in [-0.25, -0.2) is 9.67 Å². The molecule has 0 fully saturated rings. The van der Waals surface area contributed by atoms with Crippen LogP contribution in [0.2, 0.25) is 0 Å². The normalized spacial score (nSPS) is 11.1. The van der Waals surface area contributed by atoms with Gasteiger partial charge in [-0.1, -0.05) is 12.1 Å². The van der Waals surface area contributed by atoms with Gasteiger partial charge in [-0.3, -0.25) is 4.99 Å². The first kappa shape index (κ1) is 22.4. The summed E-state index contributed by atoms with van der Waals surface area (Å²) in [7, 11) is 1.80. The van der Waals surface area contributed by atoms with Gasteiger partial charge in [0.15, 0.2) is 5.96 Å². The number of aryl methyl sites for hydroxylation is 2. The van der Waals surface area contributed by atoms with E-state index in [0.717, 1.165) is 49.7 Å². The molecule has 28 heavy (non-hydrogen) atoms. The van der Waals surface area contributed by atoms with Gasteiger partial charge >= 0.3 is 0 Å². The molecule has 0 saturated heterocycles. The van der Waals surface area contributed by atoms with Crippen LogP contribution in [0, 0.1) is 6.92 Å². The highest BCUT2D eigenvalue weighted by molar-refractivity contribution is 14.0. The molecule has 0 spiro atoms. The Bertz CT molecular complexity index is 842. The van der Waals surface area contributed by atoms with Crippen LogP contribution in [-0.2, 0) is 12.8 Å². The maximum atomic E-state index is 4.49. The van der Waals surface area contributed by atoms with E-state index in [4.69, 9.17) is 0 Å². The lowest BCUT2D eigenvalue weighted by Gasteiger charge is -2.12. The number of hydrogen-bond donors (Lipinski definition) is 2. The number of rotatable bonds is 8. The zero-order valence-electron chi connectivity index (χ0n) is 16.3. The van der Waals surface area contributed by atoms with Gasteiger partial charge < -0.3 is 10.6 Å². The molecule has 0 bridgehead atoms. The summed E-state index contributed by atoms with van der Waals surface area (Å²) in [6.07, 6.45) is 6.72. The van der Waals surface area contributed by atoms with Crippen molar-refractivity contribution in [1.29, 1.82) is 0 Å². The van der Waals surface area contributed by atoms with E-state index in [2.05, 4.69) is 55.4 Å². The molecule has 150 valence electrons. The van der Waals surface area contributed by atoms with Crippen molar-refractivity contribution in [2.24, 2.45) is 4.99 Å². The Labute approximate surface area is 187 Å². The van der Waals surface area contributed by atoms with Crippen LogP contribution >= 0.6 is 35.3 Å². The van der Waals surface area contributed by atoms with Gasteiger partial charge in [-0.2, -0.15) is 5.10 Å². The van der Waals surface area contributed by atoms with Crippen LogP contribution in [0.4, 0.5) is 0 Å². The number of aromatic nitrogens is 3. The molecule has 3 aromatic rings. The first-order chi connectivity index (χ1) is 13.2. The van der Waals surface area contributed by atoms with Gasteiger partial charge in [-0.15, -0.1) is 35.3 Å². The Morgan fingerprint density at radius 3 is 2.57 bits per heavy atom. The Kier molecular flexibility index (Phi) is 9.42. The summed E-state index contributed by atoms with van der Waals surface area (Å²) >= 11 is 1.74. The summed E-state index contributed by atoms with van der Waals surface area (Å²) < 4.78 is 1.86. The minimum Gasteiger partial charge on any atom is -0.356 e. The fourth-order valence-electron chi connectivity index (χ4n) is 2.75. The van der Waals surface area contributed by atoms with E-state index in [1.807, 2.05) is 23.9 Å². The van der Waals surface area contributed by atoms with Gasteiger partial charge in [0.25, 0.3) is 0 Å². The molecule has 0 unspecified atom stereocenters. The van der Waals surface area contributed by atoms with Gasteiger partial charge in [0.1, 0.15) is 0 Å². The Balaban J connectivity index is 0.00000280. The minimum absolute atomic E-state index is 0. The van der Waals surface area contributed by atoms with Crippen molar-refractivity contribution in [2.75, 3.05) is 20.1 Å². The van der Waals surface area contributed by atoms with Crippen molar-refractivity contribution < 1.29 is 0 Å². The third-order valence-corrected chi connectivity index (χ3v) is 5.19. The number of halogens is 1. The van der Waals surface area contributed by atoms with Crippen molar-refractivity contribution in [1.82, 2.24) is 25.4 Å². The van der Waals surface area contributed by atoms with E-state index >= 15 is 0 Å². The molecule has 2 aromatic heterocycles. The third kappa shape index (κ3) is 6.90. The highest BCUT2D eigenvalue weighted by atomic mass is 127. The van der Waals surface area contributed by atoms with E-state index in [0.29, 0.717) is 0 Å². The maximum Gasteiger partial charge on any atom is 0.190 e. The topological polar surface area (TPSA) is 67.1 Å². The SMILES string of the molecule is CN=C(NCCCc1nc(C)cs1)NCCc1ccc(-n2cccn2)cc1.I. The van der Waals surface area contributed by atoms with Crippen LogP contribution < -0.4 is 10.6 Å². The number of benzene rings is 1. The zero-order chi connectivity index (χ0) is 18.9. The number of aliphatic imine (C=N–C) groups is 1. The molecule has 0 aliphatic rings. The maximum absolute atomic E-state index is 4.49. The fourth-order valence-corrected chi connectivity index (χ4v) is 3.56. The minimum atomic E-state index is 0. The fraction of sp³-hybridized carbons (Fsp3) is 0.350. The molecule has 0 aliphatic carbocycles. The smallest absolute Gasteiger partial charge is 0.190 e. The molecule has 0 aliphatic heterocycles. The highest BCUT2D eigenvalue weighted by Gasteiger charge is 2.01. The summed E-state index contributed by atoms with van der Waals surface area (Å²) in [5, 5.41) is 14.3. The van der Waals surface area contributed by atoms with Crippen LogP contribution in [0.25, 0.3) is 5.69 Å². The lowest BCUT2D eigenvalue weighted by molar-refractivity contribution is 0.736. The van der Waals surface area contributed by atoms with Crippen LogP contribution in [0.15, 0.2) is 53.1 Å². The van der Waals surface area contributed by atoms with Crippen LogP contribution in [-0.4, -0.2) is 40.9 Å². The zero-order valence-corrected chi connectivity index (χ0v) is 19.4. The van der Waals surface area contributed by atoms with Crippen molar-refractivity contribution in [3.8, 4) is 5.69 Å². The van der Waals surface area contributed by atoms with Gasteiger partial charge in [0.2, 0.25) is 0 Å². The second-order valence-electron chi connectivity index (χ2n) is 6.28. The average Bonchev–Trinajstić information content (AvgIpc) is 3.36. The Morgan fingerprint density at radius 1 is 1.14 bits per heavy atom. The molecule has 8 heteroatoms. The predicted molar refractivity (Wildman–Crippen MR) is 127 cm³/mol. The number of guanidine groups is 1. The highest BCUT2D eigenvalue weighted by Crippen LogP contribution is 2.10. The Hall–Kier alpha value is -1.94. The van der Waals surface area contributed by atoms with Crippen molar-refractivity contribution >= 4 is 41.3 Å². The first-order valence-electron chi connectivity index (χ1n) is 9.19. The summed E-state index contributed by atoms with van der Waals surface area (Å²) in [6, 6.07) is 10.4. The van der Waals surface area contributed by atoms with E-state index in [9.17, 15) is 0 Å². The molecule has 1 aromatic carbocycles. The Morgan fingerprint density at radius 2 is 1.93 bits per heavy atom. The van der Waals surface area contributed by atoms with Gasteiger partial charge in [0, 0.05) is 50.0 Å². The third-order valence-electron chi connectivity index (χ3n) is 4.16. The van der Waals surface area contributed by atoms with E-state index in [1.165, 1.54) is 10.6 Å². The first-order valence-corrected chi connectivity index (χ1v) is 10.1. The number of hydrogen-bond acceptors (Lipinski definition) is 4. The average molecular weight is 510 g/mol. The predicted octanol–water partition coefficient (Wildman–Crippen LogP) is 3.60. The molecule has 0 amide bonds. The van der Waals surface area contributed by atoms with Gasteiger partial charge in [-0.05, 0) is 43.5 Å². The van der Waals surface area contributed by atoms with E-state index in [1.54, 1.807) is 24.6 Å². The van der Waals surface area contributed by atoms with E-state index in [-0.39, 0.29) is 24.0 Å². The molecular formula is C20H27IN6S. The molecule has 0 atom stereocenters. The van der Waals surface area contributed by atoms with Crippen molar-refractivity contribution in [3.63, 3.8) is 0 Å². The number of thiazole rings is 1. The summed E-state index contributed by atoms with van der Waals surface area (Å²) in [5.74, 6) is 0.846. The van der Waals surface area contributed by atoms with Crippen LogP contribution in [0.1, 0.15) is 22.7 Å². The quantitative estimate of drug-likeness (QED) is 0.210. The van der Waals surface area contributed by atoms with Gasteiger partial charge in [0.05, 0.1) is 10.7 Å². The van der Waals surface area contributed by atoms with Crippen LogP contribution in [0.3, 0.4) is 0 Å². The number of nitrogens with zero attached hydrogens (tertiary/aromatic N) is 4. The van der Waals surface area contributed by atoms with Crippen molar-refractivity contribution in [2.45, 2.75) is 26.2 Å². The molecule has 2 heterocycles. The molecular weight excluding hydrogens is 483 g/mol. The molecule has 2 N–H and O–H groups in total. The molecule has 6 nitrogen and oxygen atoms in total. The molecule has 0 saturated carbocycles.